The number of hydrazone groups is 1. The molecule has 0 saturated carbocycles. The summed E-state index contributed by atoms with van der Waals surface area (Å²) in [5.74, 6) is 0.542. The molecule has 2 aliphatic heterocycles. The summed E-state index contributed by atoms with van der Waals surface area (Å²) in [4.78, 5) is 2.42. The number of benzene rings is 1. The average molecular weight is 283 g/mol. The molecule has 4 nitrogen and oxygen atoms in total. The van der Waals surface area contributed by atoms with Gasteiger partial charge in [0.05, 0.1) is 18.9 Å². The highest BCUT2D eigenvalue weighted by Gasteiger charge is 2.29. The van der Waals surface area contributed by atoms with Crippen LogP contribution in [0.2, 0.25) is 0 Å². The fourth-order valence-electron chi connectivity index (χ4n) is 3.57. The van der Waals surface area contributed by atoms with Crippen LogP contribution in [0.25, 0.3) is 0 Å². The largest absolute Gasteiger partial charge is 0.378 e. The Kier molecular flexibility index (Phi) is 3.19. The maximum Gasteiger partial charge on any atom is 0.0716 e. The summed E-state index contributed by atoms with van der Waals surface area (Å²) in [7, 11) is 0. The maximum absolute atomic E-state index is 5.44. The minimum absolute atomic E-state index is 0.542. The van der Waals surface area contributed by atoms with E-state index in [0.717, 1.165) is 44.8 Å². The van der Waals surface area contributed by atoms with Gasteiger partial charge < -0.3 is 9.64 Å². The summed E-state index contributed by atoms with van der Waals surface area (Å²) in [5.41, 5.74) is 9.40. The van der Waals surface area contributed by atoms with Crippen LogP contribution >= 0.6 is 0 Å². The molecule has 1 aliphatic carbocycles. The zero-order valence-corrected chi connectivity index (χ0v) is 12.3. The first-order valence-electron chi connectivity index (χ1n) is 7.78. The summed E-state index contributed by atoms with van der Waals surface area (Å²) in [5, 5.41) is 4.55. The van der Waals surface area contributed by atoms with E-state index in [1.807, 2.05) is 0 Å². The predicted molar refractivity (Wildman–Crippen MR) is 84.7 cm³/mol. The predicted octanol–water partition coefficient (Wildman–Crippen LogP) is 2.30. The highest BCUT2D eigenvalue weighted by molar-refractivity contribution is 6.05. The molecule has 1 unspecified atom stereocenters. The summed E-state index contributed by atoms with van der Waals surface area (Å²) in [6, 6.07) is 6.84. The van der Waals surface area contributed by atoms with E-state index in [1.165, 1.54) is 28.9 Å². The van der Waals surface area contributed by atoms with E-state index in [2.05, 4.69) is 40.2 Å². The van der Waals surface area contributed by atoms with E-state index in [0.29, 0.717) is 5.92 Å². The average Bonchev–Trinajstić information content (AvgIpc) is 2.54. The number of anilines is 1. The van der Waals surface area contributed by atoms with Gasteiger partial charge in [-0.05, 0) is 37.0 Å². The smallest absolute Gasteiger partial charge is 0.0716 e. The highest BCUT2D eigenvalue weighted by atomic mass is 16.5. The van der Waals surface area contributed by atoms with Gasteiger partial charge in [-0.2, -0.15) is 5.10 Å². The molecule has 1 N–H and O–H groups in total. The first-order chi connectivity index (χ1) is 10.3. The molecular weight excluding hydrogens is 262 g/mol. The number of nitrogens with zero attached hydrogens (tertiary/aromatic N) is 2. The fourth-order valence-corrected chi connectivity index (χ4v) is 3.57. The number of hydrogen-bond acceptors (Lipinski definition) is 4. The molecule has 4 rings (SSSR count). The number of hydrogen-bond donors (Lipinski definition) is 1. The second kappa shape index (κ2) is 5.19. The molecular formula is C17H21N3O. The number of fused-ring (bicyclic) bond motifs is 3. The number of aryl methyl sites for hydroxylation is 1. The monoisotopic (exact) mass is 283 g/mol. The molecule has 0 radical (unpaired) electrons. The molecule has 1 aromatic carbocycles. The van der Waals surface area contributed by atoms with Crippen molar-refractivity contribution >= 4 is 11.4 Å². The Hall–Kier alpha value is -1.81. The van der Waals surface area contributed by atoms with Gasteiger partial charge in [-0.1, -0.05) is 12.6 Å². The molecule has 2 heterocycles. The van der Waals surface area contributed by atoms with Crippen molar-refractivity contribution in [2.45, 2.75) is 19.3 Å². The normalized spacial score (nSPS) is 24.8. The third-order valence-electron chi connectivity index (χ3n) is 4.72. The summed E-state index contributed by atoms with van der Waals surface area (Å²) < 4.78 is 5.44. The summed E-state index contributed by atoms with van der Waals surface area (Å²) >= 11 is 0. The summed E-state index contributed by atoms with van der Waals surface area (Å²) in [6.45, 7) is 7.64. The Bertz CT molecular complexity index is 602. The number of allylic oxidation sites excluding steroid dienone is 1. The van der Waals surface area contributed by atoms with Gasteiger partial charge in [0.2, 0.25) is 0 Å². The molecule has 0 aromatic heterocycles. The van der Waals surface area contributed by atoms with Crippen molar-refractivity contribution in [2.75, 3.05) is 31.2 Å². The van der Waals surface area contributed by atoms with Crippen molar-refractivity contribution in [1.82, 2.24) is 5.43 Å². The van der Waals surface area contributed by atoms with Crippen LogP contribution in [0.15, 0.2) is 35.6 Å². The lowest BCUT2D eigenvalue weighted by Crippen LogP contribution is -2.36. The van der Waals surface area contributed by atoms with Crippen LogP contribution < -0.4 is 10.3 Å². The van der Waals surface area contributed by atoms with Crippen LogP contribution in [0.1, 0.15) is 24.0 Å². The quantitative estimate of drug-likeness (QED) is 0.859. The van der Waals surface area contributed by atoms with Crippen LogP contribution in [-0.2, 0) is 11.2 Å². The van der Waals surface area contributed by atoms with Crippen molar-refractivity contribution in [3.8, 4) is 0 Å². The summed E-state index contributed by atoms with van der Waals surface area (Å²) in [6.07, 6.45) is 3.34. The van der Waals surface area contributed by atoms with Gasteiger partial charge in [0.1, 0.15) is 0 Å². The minimum atomic E-state index is 0.542. The molecule has 21 heavy (non-hydrogen) atoms. The van der Waals surface area contributed by atoms with Gasteiger partial charge in [0.25, 0.3) is 0 Å². The zero-order chi connectivity index (χ0) is 14.2. The number of ether oxygens (including phenoxy) is 1. The maximum atomic E-state index is 5.44. The Morgan fingerprint density at radius 1 is 1.29 bits per heavy atom. The van der Waals surface area contributed by atoms with E-state index in [4.69, 9.17) is 4.74 Å². The van der Waals surface area contributed by atoms with Crippen molar-refractivity contribution in [2.24, 2.45) is 11.0 Å². The second-order valence-electron chi connectivity index (χ2n) is 6.09. The minimum Gasteiger partial charge on any atom is -0.378 e. The standard InChI is InChI=1S/C17H21N3O/c1-12-10-14-3-2-13-11-15(20-6-8-21-9-7-20)4-5-16(13)17(14)19-18-12/h4-5,11,14,18H,1-3,6-10H2. The fraction of sp³-hybridized carbons (Fsp3) is 0.471. The SMILES string of the molecule is C=C1CC2CCc3cc(N4CCOCC4)ccc3C2=NN1. The van der Waals surface area contributed by atoms with E-state index in [1.54, 1.807) is 0 Å². The number of nitrogens with one attached hydrogen (secondary N) is 1. The van der Waals surface area contributed by atoms with E-state index >= 15 is 0 Å². The molecule has 1 atom stereocenters. The van der Waals surface area contributed by atoms with Crippen molar-refractivity contribution in [1.29, 1.82) is 0 Å². The van der Waals surface area contributed by atoms with Crippen molar-refractivity contribution < 1.29 is 4.74 Å². The van der Waals surface area contributed by atoms with Crippen LogP contribution in [0, 0.1) is 5.92 Å². The molecule has 3 aliphatic rings. The molecule has 1 saturated heterocycles. The van der Waals surface area contributed by atoms with Gasteiger partial charge in [0.15, 0.2) is 0 Å². The van der Waals surface area contributed by atoms with Crippen LogP contribution in [0.5, 0.6) is 0 Å². The van der Waals surface area contributed by atoms with Crippen molar-refractivity contribution in [3.05, 3.63) is 41.6 Å². The first-order valence-corrected chi connectivity index (χ1v) is 7.78. The van der Waals surface area contributed by atoms with Crippen LogP contribution in [-0.4, -0.2) is 32.0 Å². The van der Waals surface area contributed by atoms with Gasteiger partial charge in [0, 0.05) is 36.0 Å². The molecule has 0 spiro atoms. The highest BCUT2D eigenvalue weighted by Crippen LogP contribution is 2.33. The first kappa shape index (κ1) is 12.9. The molecule has 0 bridgehead atoms. The lowest BCUT2D eigenvalue weighted by molar-refractivity contribution is 0.122. The van der Waals surface area contributed by atoms with E-state index < -0.39 is 0 Å². The van der Waals surface area contributed by atoms with Gasteiger partial charge in [-0.25, -0.2) is 0 Å². The topological polar surface area (TPSA) is 36.9 Å². The Balaban J connectivity index is 1.66. The van der Waals surface area contributed by atoms with E-state index in [-0.39, 0.29) is 0 Å². The number of rotatable bonds is 1. The van der Waals surface area contributed by atoms with E-state index in [9.17, 15) is 0 Å². The lowest BCUT2D eigenvalue weighted by atomic mass is 9.79. The van der Waals surface area contributed by atoms with Gasteiger partial charge >= 0.3 is 0 Å². The molecule has 4 heteroatoms. The zero-order valence-electron chi connectivity index (χ0n) is 12.3. The third kappa shape index (κ3) is 2.33. The Morgan fingerprint density at radius 3 is 3.00 bits per heavy atom. The lowest BCUT2D eigenvalue weighted by Gasteiger charge is -2.33. The van der Waals surface area contributed by atoms with Gasteiger partial charge in [-0.3, -0.25) is 5.43 Å². The van der Waals surface area contributed by atoms with Crippen LogP contribution in [0.4, 0.5) is 5.69 Å². The molecule has 1 fully saturated rings. The molecule has 1 aromatic rings. The van der Waals surface area contributed by atoms with Crippen LogP contribution in [0.3, 0.4) is 0 Å². The second-order valence-corrected chi connectivity index (χ2v) is 6.09. The number of morpholine rings is 1. The van der Waals surface area contributed by atoms with Gasteiger partial charge in [-0.15, -0.1) is 0 Å². The Labute approximate surface area is 125 Å². The third-order valence-corrected chi connectivity index (χ3v) is 4.72. The van der Waals surface area contributed by atoms with Crippen molar-refractivity contribution in [3.63, 3.8) is 0 Å². The molecule has 0 amide bonds. The Morgan fingerprint density at radius 2 is 2.14 bits per heavy atom. The molecule has 110 valence electrons.